The van der Waals surface area contributed by atoms with Crippen LogP contribution in [0.2, 0.25) is 10.0 Å². The van der Waals surface area contributed by atoms with E-state index in [1.165, 1.54) is 5.56 Å². The van der Waals surface area contributed by atoms with Crippen molar-refractivity contribution in [3.63, 3.8) is 0 Å². The van der Waals surface area contributed by atoms with E-state index in [4.69, 9.17) is 23.2 Å². The predicted octanol–water partition coefficient (Wildman–Crippen LogP) is 4.90. The van der Waals surface area contributed by atoms with Crippen LogP contribution in [0.1, 0.15) is 18.5 Å². The van der Waals surface area contributed by atoms with Gasteiger partial charge in [-0.3, -0.25) is 4.90 Å². The molecule has 3 rings (SSSR count). The maximum absolute atomic E-state index is 12.5. The van der Waals surface area contributed by atoms with Crippen molar-refractivity contribution < 1.29 is 4.79 Å². The van der Waals surface area contributed by atoms with E-state index in [2.05, 4.69) is 41.4 Å². The molecule has 0 aromatic heterocycles. The van der Waals surface area contributed by atoms with Crippen molar-refractivity contribution >= 4 is 34.9 Å². The lowest BCUT2D eigenvalue weighted by Gasteiger charge is -2.38. The summed E-state index contributed by atoms with van der Waals surface area (Å²) < 4.78 is 0. The van der Waals surface area contributed by atoms with E-state index < -0.39 is 0 Å². The number of nitrogens with one attached hydrogen (secondary N) is 1. The van der Waals surface area contributed by atoms with Crippen LogP contribution in [0.15, 0.2) is 48.5 Å². The number of urea groups is 1. The molecule has 1 saturated heterocycles. The Labute approximate surface area is 158 Å². The Hall–Kier alpha value is -1.75. The molecule has 2 amide bonds. The number of halogens is 2. The maximum Gasteiger partial charge on any atom is 0.321 e. The van der Waals surface area contributed by atoms with E-state index in [1.807, 2.05) is 11.0 Å². The fourth-order valence-electron chi connectivity index (χ4n) is 3.04. The summed E-state index contributed by atoms with van der Waals surface area (Å²) in [5.74, 6) is 0. The minimum atomic E-state index is -0.128. The highest BCUT2D eigenvalue weighted by atomic mass is 35.5. The summed E-state index contributed by atoms with van der Waals surface area (Å²) in [6.07, 6.45) is 0. The molecule has 1 fully saturated rings. The minimum absolute atomic E-state index is 0.128. The molecule has 1 unspecified atom stereocenters. The normalized spacial score (nSPS) is 16.5. The first-order valence-electron chi connectivity index (χ1n) is 8.34. The zero-order valence-electron chi connectivity index (χ0n) is 14.1. The van der Waals surface area contributed by atoms with Gasteiger partial charge in [-0.2, -0.15) is 0 Å². The molecule has 0 spiro atoms. The van der Waals surface area contributed by atoms with Crippen molar-refractivity contribution in [1.29, 1.82) is 0 Å². The average molecular weight is 378 g/mol. The Morgan fingerprint density at radius 3 is 2.36 bits per heavy atom. The molecule has 0 radical (unpaired) electrons. The van der Waals surface area contributed by atoms with Crippen LogP contribution in [0.3, 0.4) is 0 Å². The van der Waals surface area contributed by atoms with Gasteiger partial charge in [0.1, 0.15) is 0 Å². The summed E-state index contributed by atoms with van der Waals surface area (Å²) in [6, 6.07) is 15.7. The van der Waals surface area contributed by atoms with Crippen LogP contribution in [-0.4, -0.2) is 42.0 Å². The molecule has 1 heterocycles. The first-order valence-corrected chi connectivity index (χ1v) is 9.10. The van der Waals surface area contributed by atoms with Crippen molar-refractivity contribution in [2.75, 3.05) is 31.5 Å². The molecule has 1 atom stereocenters. The van der Waals surface area contributed by atoms with Gasteiger partial charge in [-0.05, 0) is 30.7 Å². The quantitative estimate of drug-likeness (QED) is 0.824. The molecule has 1 aliphatic rings. The summed E-state index contributed by atoms with van der Waals surface area (Å²) in [7, 11) is 0. The first kappa shape index (κ1) is 18.1. The molecule has 2 aromatic carbocycles. The number of rotatable bonds is 3. The number of benzene rings is 2. The summed E-state index contributed by atoms with van der Waals surface area (Å²) in [6.45, 7) is 5.27. The van der Waals surface area contributed by atoms with Gasteiger partial charge in [0.25, 0.3) is 0 Å². The highest BCUT2D eigenvalue weighted by molar-refractivity contribution is 6.36. The molecule has 132 valence electrons. The van der Waals surface area contributed by atoms with Gasteiger partial charge in [-0.1, -0.05) is 53.5 Å². The highest BCUT2D eigenvalue weighted by Gasteiger charge is 2.25. The largest absolute Gasteiger partial charge is 0.322 e. The van der Waals surface area contributed by atoms with Crippen molar-refractivity contribution in [2.45, 2.75) is 13.0 Å². The summed E-state index contributed by atoms with van der Waals surface area (Å²) in [5, 5.41) is 3.85. The van der Waals surface area contributed by atoms with E-state index in [0.717, 1.165) is 13.1 Å². The SMILES string of the molecule is CC(c1ccccc1)N1CCN(C(=O)Nc2ccc(Cl)cc2Cl)CC1. The second kappa shape index (κ2) is 8.09. The average Bonchev–Trinajstić information content (AvgIpc) is 2.64. The zero-order chi connectivity index (χ0) is 17.8. The van der Waals surface area contributed by atoms with Crippen LogP contribution >= 0.6 is 23.2 Å². The number of piperazine rings is 1. The van der Waals surface area contributed by atoms with Gasteiger partial charge < -0.3 is 10.2 Å². The molecular formula is C19H21Cl2N3O. The summed E-state index contributed by atoms with van der Waals surface area (Å²) in [4.78, 5) is 16.7. The van der Waals surface area contributed by atoms with Crippen LogP contribution in [0.4, 0.5) is 10.5 Å². The number of carbonyl (C=O) groups excluding carboxylic acids is 1. The topological polar surface area (TPSA) is 35.6 Å². The van der Waals surface area contributed by atoms with E-state index in [0.29, 0.717) is 34.9 Å². The number of hydrogen-bond acceptors (Lipinski definition) is 2. The zero-order valence-corrected chi connectivity index (χ0v) is 15.6. The Bertz CT molecular complexity index is 731. The Balaban J connectivity index is 1.55. The molecule has 0 saturated carbocycles. The van der Waals surface area contributed by atoms with Crippen LogP contribution in [0.25, 0.3) is 0 Å². The molecule has 6 heteroatoms. The fraction of sp³-hybridized carbons (Fsp3) is 0.316. The third kappa shape index (κ3) is 4.46. The van der Waals surface area contributed by atoms with Crippen molar-refractivity contribution in [3.05, 3.63) is 64.1 Å². The Kier molecular flexibility index (Phi) is 5.84. The number of amides is 2. The van der Waals surface area contributed by atoms with Crippen LogP contribution in [0, 0.1) is 0 Å². The lowest BCUT2D eigenvalue weighted by Crippen LogP contribution is -2.50. The third-order valence-corrected chi connectivity index (χ3v) is 5.15. The lowest BCUT2D eigenvalue weighted by molar-refractivity contribution is 0.119. The third-order valence-electron chi connectivity index (χ3n) is 4.60. The number of nitrogens with zero attached hydrogens (tertiary/aromatic N) is 2. The van der Waals surface area contributed by atoms with E-state index in [9.17, 15) is 4.79 Å². The van der Waals surface area contributed by atoms with Gasteiger partial charge in [0.2, 0.25) is 0 Å². The van der Waals surface area contributed by atoms with Crippen molar-refractivity contribution in [1.82, 2.24) is 9.80 Å². The Morgan fingerprint density at radius 1 is 1.04 bits per heavy atom. The second-order valence-corrected chi connectivity index (χ2v) is 7.01. The molecular weight excluding hydrogens is 357 g/mol. The van der Waals surface area contributed by atoms with Crippen molar-refractivity contribution in [2.24, 2.45) is 0 Å². The van der Waals surface area contributed by atoms with Crippen LogP contribution in [0.5, 0.6) is 0 Å². The molecule has 1 aliphatic heterocycles. The van der Waals surface area contributed by atoms with Gasteiger partial charge in [0.15, 0.2) is 0 Å². The number of anilines is 1. The number of hydrogen-bond donors (Lipinski definition) is 1. The lowest BCUT2D eigenvalue weighted by atomic mass is 10.1. The molecule has 25 heavy (non-hydrogen) atoms. The molecule has 1 N–H and O–H groups in total. The first-order chi connectivity index (χ1) is 12.0. The van der Waals surface area contributed by atoms with E-state index in [-0.39, 0.29) is 6.03 Å². The monoisotopic (exact) mass is 377 g/mol. The van der Waals surface area contributed by atoms with Gasteiger partial charge in [0, 0.05) is 37.2 Å². The molecule has 0 bridgehead atoms. The Morgan fingerprint density at radius 2 is 1.72 bits per heavy atom. The van der Waals surface area contributed by atoms with E-state index in [1.54, 1.807) is 18.2 Å². The summed E-state index contributed by atoms with van der Waals surface area (Å²) in [5.41, 5.74) is 1.88. The maximum atomic E-state index is 12.5. The summed E-state index contributed by atoms with van der Waals surface area (Å²) >= 11 is 12.0. The predicted molar refractivity (Wildman–Crippen MR) is 103 cm³/mol. The smallest absolute Gasteiger partial charge is 0.321 e. The van der Waals surface area contributed by atoms with Gasteiger partial charge >= 0.3 is 6.03 Å². The fourth-order valence-corrected chi connectivity index (χ4v) is 3.50. The van der Waals surface area contributed by atoms with Gasteiger partial charge in [-0.15, -0.1) is 0 Å². The standard InChI is InChI=1S/C19H21Cl2N3O/c1-14(15-5-3-2-4-6-15)23-9-11-24(12-10-23)19(25)22-18-8-7-16(20)13-17(18)21/h2-8,13-14H,9-12H2,1H3,(H,22,25). The molecule has 2 aromatic rings. The highest BCUT2D eigenvalue weighted by Crippen LogP contribution is 2.26. The second-order valence-electron chi connectivity index (χ2n) is 6.16. The van der Waals surface area contributed by atoms with Gasteiger partial charge in [-0.25, -0.2) is 4.79 Å². The number of carbonyl (C=O) groups is 1. The van der Waals surface area contributed by atoms with Crippen molar-refractivity contribution in [3.8, 4) is 0 Å². The van der Waals surface area contributed by atoms with Crippen LogP contribution < -0.4 is 5.32 Å². The minimum Gasteiger partial charge on any atom is -0.322 e. The molecule has 0 aliphatic carbocycles. The van der Waals surface area contributed by atoms with E-state index >= 15 is 0 Å². The van der Waals surface area contributed by atoms with Crippen LogP contribution in [-0.2, 0) is 0 Å². The molecule has 4 nitrogen and oxygen atoms in total. The van der Waals surface area contributed by atoms with Gasteiger partial charge in [0.05, 0.1) is 10.7 Å².